The number of rotatable bonds is 4. The lowest BCUT2D eigenvalue weighted by molar-refractivity contribution is -0.127. The van der Waals surface area contributed by atoms with Gasteiger partial charge in [-0.1, -0.05) is 19.3 Å². The number of nitrogens with two attached hydrogens (primary N) is 2. The van der Waals surface area contributed by atoms with Crippen LogP contribution in [0, 0.1) is 0 Å². The topological polar surface area (TPSA) is 98.2 Å². The quantitative estimate of drug-likeness (QED) is 0.594. The highest BCUT2D eigenvalue weighted by Gasteiger charge is 2.34. The van der Waals surface area contributed by atoms with Crippen molar-refractivity contribution in [2.24, 2.45) is 11.5 Å². The molecule has 0 aromatic heterocycles. The summed E-state index contributed by atoms with van der Waals surface area (Å²) >= 11 is 0. The van der Waals surface area contributed by atoms with Crippen LogP contribution in [-0.4, -0.2) is 23.9 Å². The van der Waals surface area contributed by atoms with Gasteiger partial charge in [-0.15, -0.1) is 0 Å². The summed E-state index contributed by atoms with van der Waals surface area (Å²) in [6.07, 6.45) is 4.78. The van der Waals surface area contributed by atoms with E-state index in [1.54, 1.807) is 0 Å². The molecular formula is C10H19N3O2. The van der Waals surface area contributed by atoms with Crippen LogP contribution < -0.4 is 16.8 Å². The lowest BCUT2D eigenvalue weighted by Crippen LogP contribution is -2.55. The molecule has 1 fully saturated rings. The van der Waals surface area contributed by atoms with Crippen LogP contribution in [0.4, 0.5) is 0 Å². The molecule has 0 saturated heterocycles. The monoisotopic (exact) mass is 213 g/mol. The Morgan fingerprint density at radius 3 is 2.33 bits per heavy atom. The van der Waals surface area contributed by atoms with Crippen LogP contribution >= 0.6 is 0 Å². The van der Waals surface area contributed by atoms with E-state index in [1.807, 2.05) is 0 Å². The second-order valence-corrected chi connectivity index (χ2v) is 4.19. The van der Waals surface area contributed by atoms with E-state index in [0.29, 0.717) is 0 Å². The highest BCUT2D eigenvalue weighted by molar-refractivity contribution is 5.86. The van der Waals surface area contributed by atoms with Gasteiger partial charge in [0.25, 0.3) is 0 Å². The third-order valence-corrected chi connectivity index (χ3v) is 2.85. The zero-order valence-corrected chi connectivity index (χ0v) is 8.92. The molecule has 1 saturated carbocycles. The van der Waals surface area contributed by atoms with Crippen LogP contribution in [0.3, 0.4) is 0 Å². The van der Waals surface area contributed by atoms with Crippen molar-refractivity contribution in [2.75, 3.05) is 6.54 Å². The van der Waals surface area contributed by atoms with E-state index in [-0.39, 0.29) is 18.9 Å². The summed E-state index contributed by atoms with van der Waals surface area (Å²) in [5.74, 6) is -0.562. The minimum Gasteiger partial charge on any atom is -0.370 e. The molecule has 0 heterocycles. The predicted molar refractivity (Wildman–Crippen MR) is 56.8 cm³/mol. The Morgan fingerprint density at radius 1 is 1.20 bits per heavy atom. The van der Waals surface area contributed by atoms with E-state index >= 15 is 0 Å². The van der Waals surface area contributed by atoms with Gasteiger partial charge < -0.3 is 16.8 Å². The van der Waals surface area contributed by atoms with Gasteiger partial charge in [-0.2, -0.15) is 0 Å². The summed E-state index contributed by atoms with van der Waals surface area (Å²) in [6, 6.07) is 0. The number of nitrogens with one attached hydrogen (secondary N) is 1. The average Bonchev–Trinajstić information content (AvgIpc) is 2.18. The summed E-state index contributed by atoms with van der Waals surface area (Å²) in [5.41, 5.74) is 10.2. The number of carbonyl (C=O) groups excluding carboxylic acids is 2. The fourth-order valence-corrected chi connectivity index (χ4v) is 1.89. The van der Waals surface area contributed by atoms with Gasteiger partial charge >= 0.3 is 0 Å². The smallest absolute Gasteiger partial charge is 0.240 e. The minimum absolute atomic E-state index is 0.150. The molecule has 0 aromatic carbocycles. The predicted octanol–water partition coefficient (Wildman–Crippen LogP) is -0.360. The van der Waals surface area contributed by atoms with E-state index in [4.69, 9.17) is 11.5 Å². The van der Waals surface area contributed by atoms with Gasteiger partial charge in [-0.3, -0.25) is 9.59 Å². The molecule has 15 heavy (non-hydrogen) atoms. The normalized spacial score (nSPS) is 19.5. The summed E-state index contributed by atoms with van der Waals surface area (Å²) < 4.78 is 0. The van der Waals surface area contributed by atoms with Gasteiger partial charge in [0.2, 0.25) is 11.8 Å². The van der Waals surface area contributed by atoms with E-state index in [1.165, 1.54) is 0 Å². The van der Waals surface area contributed by atoms with Crippen molar-refractivity contribution in [3.63, 3.8) is 0 Å². The Labute approximate surface area is 89.6 Å². The highest BCUT2D eigenvalue weighted by Crippen LogP contribution is 2.25. The summed E-state index contributed by atoms with van der Waals surface area (Å²) in [6.45, 7) is 0.285. The molecule has 0 spiro atoms. The average molecular weight is 213 g/mol. The minimum atomic E-state index is -0.726. The van der Waals surface area contributed by atoms with Crippen molar-refractivity contribution in [3.05, 3.63) is 0 Å². The zero-order valence-electron chi connectivity index (χ0n) is 8.92. The van der Waals surface area contributed by atoms with E-state index in [0.717, 1.165) is 32.1 Å². The summed E-state index contributed by atoms with van der Waals surface area (Å²) in [5, 5.41) is 2.66. The Kier molecular flexibility index (Phi) is 4.08. The van der Waals surface area contributed by atoms with Crippen molar-refractivity contribution in [1.82, 2.24) is 5.32 Å². The van der Waals surface area contributed by atoms with E-state index in [9.17, 15) is 9.59 Å². The number of amides is 2. The van der Waals surface area contributed by atoms with Crippen LogP contribution in [0.1, 0.15) is 38.5 Å². The lowest BCUT2D eigenvalue weighted by atomic mass is 9.82. The van der Waals surface area contributed by atoms with Crippen molar-refractivity contribution in [2.45, 2.75) is 44.1 Å². The second kappa shape index (κ2) is 5.11. The van der Waals surface area contributed by atoms with Gasteiger partial charge in [-0.05, 0) is 12.8 Å². The van der Waals surface area contributed by atoms with Crippen molar-refractivity contribution in [1.29, 1.82) is 0 Å². The van der Waals surface area contributed by atoms with Crippen molar-refractivity contribution >= 4 is 11.8 Å². The molecule has 1 aliphatic carbocycles. The summed E-state index contributed by atoms with van der Waals surface area (Å²) in [4.78, 5) is 22.2. The molecule has 0 aromatic rings. The molecule has 5 nitrogen and oxygen atoms in total. The third kappa shape index (κ3) is 3.51. The highest BCUT2D eigenvalue weighted by atomic mass is 16.2. The number of hydrogen-bond acceptors (Lipinski definition) is 3. The fourth-order valence-electron chi connectivity index (χ4n) is 1.89. The van der Waals surface area contributed by atoms with Crippen LogP contribution in [0.25, 0.3) is 0 Å². The Morgan fingerprint density at radius 2 is 1.80 bits per heavy atom. The SMILES string of the molecule is NC(=O)CCNC(=O)C1(N)CCCCC1. The van der Waals surface area contributed by atoms with Crippen LogP contribution in [0.5, 0.6) is 0 Å². The maximum atomic E-state index is 11.7. The van der Waals surface area contributed by atoms with Gasteiger partial charge in [0.15, 0.2) is 0 Å². The molecule has 5 heteroatoms. The summed E-state index contributed by atoms with van der Waals surface area (Å²) in [7, 11) is 0. The number of hydrogen-bond donors (Lipinski definition) is 3. The molecule has 0 bridgehead atoms. The first-order valence-corrected chi connectivity index (χ1v) is 5.40. The Hall–Kier alpha value is -1.10. The van der Waals surface area contributed by atoms with Gasteiger partial charge in [0.1, 0.15) is 0 Å². The van der Waals surface area contributed by atoms with E-state index in [2.05, 4.69) is 5.32 Å². The number of primary amides is 1. The fraction of sp³-hybridized carbons (Fsp3) is 0.800. The largest absolute Gasteiger partial charge is 0.370 e. The standard InChI is InChI=1S/C10H19N3O2/c11-8(14)4-7-13-9(15)10(12)5-2-1-3-6-10/h1-7,12H2,(H2,11,14)(H,13,15). The zero-order chi connectivity index (χ0) is 11.3. The van der Waals surface area contributed by atoms with Crippen molar-refractivity contribution < 1.29 is 9.59 Å². The molecule has 1 aliphatic rings. The van der Waals surface area contributed by atoms with E-state index < -0.39 is 11.4 Å². The molecular weight excluding hydrogens is 194 g/mol. The molecule has 0 radical (unpaired) electrons. The van der Waals surface area contributed by atoms with Crippen LogP contribution in [0.15, 0.2) is 0 Å². The Bertz CT molecular complexity index is 247. The molecule has 0 aliphatic heterocycles. The molecule has 2 amide bonds. The first-order chi connectivity index (χ1) is 7.04. The molecule has 0 unspecified atom stereocenters. The van der Waals surface area contributed by atoms with Crippen LogP contribution in [0.2, 0.25) is 0 Å². The van der Waals surface area contributed by atoms with Gasteiger partial charge in [-0.25, -0.2) is 0 Å². The third-order valence-electron chi connectivity index (χ3n) is 2.85. The molecule has 5 N–H and O–H groups in total. The molecule has 0 atom stereocenters. The second-order valence-electron chi connectivity index (χ2n) is 4.19. The molecule has 86 valence electrons. The first kappa shape index (κ1) is 12.0. The first-order valence-electron chi connectivity index (χ1n) is 5.40. The lowest BCUT2D eigenvalue weighted by Gasteiger charge is -2.31. The van der Waals surface area contributed by atoms with Crippen molar-refractivity contribution in [3.8, 4) is 0 Å². The maximum absolute atomic E-state index is 11.7. The van der Waals surface area contributed by atoms with Gasteiger partial charge in [0, 0.05) is 13.0 Å². The molecule has 1 rings (SSSR count). The number of carbonyl (C=O) groups is 2. The maximum Gasteiger partial charge on any atom is 0.240 e. The Balaban J connectivity index is 2.34. The van der Waals surface area contributed by atoms with Crippen LogP contribution in [-0.2, 0) is 9.59 Å². The van der Waals surface area contributed by atoms with Gasteiger partial charge in [0.05, 0.1) is 5.54 Å².